The van der Waals surface area contributed by atoms with E-state index in [2.05, 4.69) is 12.1 Å². The number of hydrogen-bond acceptors (Lipinski definition) is 5. The smallest absolute Gasteiger partial charge is 0.343 e. The van der Waals surface area contributed by atoms with Crippen molar-refractivity contribution in [2.75, 3.05) is 6.61 Å². The van der Waals surface area contributed by atoms with E-state index < -0.39 is 11.6 Å². The number of aliphatic hydroxyl groups is 1. The second-order valence-electron chi connectivity index (χ2n) is 7.13. The van der Waals surface area contributed by atoms with Crippen molar-refractivity contribution in [3.05, 3.63) is 48.0 Å². The molecule has 0 amide bonds. The Morgan fingerprint density at radius 3 is 2.33 bits per heavy atom. The highest BCUT2D eigenvalue weighted by molar-refractivity contribution is 8.05. The van der Waals surface area contributed by atoms with Gasteiger partial charge < -0.3 is 9.84 Å². The molecule has 0 spiro atoms. The van der Waals surface area contributed by atoms with Crippen LogP contribution in [0.2, 0.25) is 0 Å². The zero-order valence-corrected chi connectivity index (χ0v) is 17.1. The van der Waals surface area contributed by atoms with Gasteiger partial charge in [-0.2, -0.15) is 0 Å². The molecule has 3 nitrogen and oxygen atoms in total. The molecule has 1 aliphatic heterocycles. The second kappa shape index (κ2) is 7.90. The molecule has 1 heterocycles. The standard InChI is InChI=1S/C22H24O3S2/c1-2-25-21(23)22(24,15-8-4-3-5-9-15)16-12-13-19-20(14-16)27-18-11-7-6-10-17(18)26-19/h6-7,10-15,24H,2-5,8-9H2,1H3. The Labute approximate surface area is 168 Å². The SMILES string of the molecule is CCOC(=O)C(O)(c1ccc2c(c1)Sc1ccccc1S2)C1CCCCC1. The van der Waals surface area contributed by atoms with Crippen LogP contribution in [-0.4, -0.2) is 17.7 Å². The molecular weight excluding hydrogens is 376 g/mol. The Hall–Kier alpha value is -1.43. The lowest BCUT2D eigenvalue weighted by Crippen LogP contribution is -2.45. The van der Waals surface area contributed by atoms with Crippen LogP contribution in [0.25, 0.3) is 0 Å². The minimum atomic E-state index is -1.56. The summed E-state index contributed by atoms with van der Waals surface area (Å²) in [5.74, 6) is -0.595. The van der Waals surface area contributed by atoms with Crippen LogP contribution in [0.4, 0.5) is 0 Å². The van der Waals surface area contributed by atoms with E-state index in [-0.39, 0.29) is 12.5 Å². The highest BCUT2D eigenvalue weighted by Gasteiger charge is 2.47. The summed E-state index contributed by atoms with van der Waals surface area (Å²) in [5, 5.41) is 11.6. The fraction of sp³-hybridized carbons (Fsp3) is 0.409. The first-order chi connectivity index (χ1) is 13.1. The van der Waals surface area contributed by atoms with Crippen molar-refractivity contribution < 1.29 is 14.6 Å². The molecule has 4 rings (SSSR count). The zero-order valence-electron chi connectivity index (χ0n) is 15.4. The minimum absolute atomic E-state index is 0.0862. The maximum atomic E-state index is 12.8. The van der Waals surface area contributed by atoms with Crippen LogP contribution in [-0.2, 0) is 15.1 Å². The number of esters is 1. The summed E-state index contributed by atoms with van der Waals surface area (Å²) >= 11 is 3.44. The fourth-order valence-corrected chi connectivity index (χ4v) is 6.30. The molecule has 1 atom stereocenters. The molecule has 2 aromatic carbocycles. The first-order valence-corrected chi connectivity index (χ1v) is 11.2. The van der Waals surface area contributed by atoms with Crippen molar-refractivity contribution in [3.8, 4) is 0 Å². The lowest BCUT2D eigenvalue weighted by atomic mass is 9.73. The van der Waals surface area contributed by atoms with E-state index in [4.69, 9.17) is 4.74 Å². The van der Waals surface area contributed by atoms with Gasteiger partial charge in [0.2, 0.25) is 0 Å². The van der Waals surface area contributed by atoms with Gasteiger partial charge in [-0.15, -0.1) is 0 Å². The van der Waals surface area contributed by atoms with Gasteiger partial charge in [0.1, 0.15) is 0 Å². The normalized spacial score (nSPS) is 18.9. The van der Waals surface area contributed by atoms with Crippen LogP contribution in [0, 0.1) is 5.92 Å². The lowest BCUT2D eigenvalue weighted by molar-refractivity contribution is -0.175. The van der Waals surface area contributed by atoms with Crippen molar-refractivity contribution in [2.24, 2.45) is 5.92 Å². The topological polar surface area (TPSA) is 46.5 Å². The number of carbonyl (C=O) groups excluding carboxylic acids is 1. The van der Waals surface area contributed by atoms with Gasteiger partial charge in [0.05, 0.1) is 6.61 Å². The Morgan fingerprint density at radius 2 is 1.67 bits per heavy atom. The third-order valence-electron chi connectivity index (χ3n) is 5.46. The summed E-state index contributed by atoms with van der Waals surface area (Å²) < 4.78 is 5.31. The van der Waals surface area contributed by atoms with E-state index in [1.807, 2.05) is 30.3 Å². The third-order valence-corrected chi connectivity index (χ3v) is 8.00. The molecule has 0 radical (unpaired) electrons. The molecular formula is C22H24O3S2. The molecule has 2 aromatic rings. The monoisotopic (exact) mass is 400 g/mol. The number of hydrogen-bond donors (Lipinski definition) is 1. The number of rotatable bonds is 4. The van der Waals surface area contributed by atoms with Gasteiger partial charge in [-0.1, -0.05) is 61.0 Å². The van der Waals surface area contributed by atoms with E-state index in [0.717, 1.165) is 35.5 Å². The minimum Gasteiger partial charge on any atom is -0.464 e. The molecule has 142 valence electrons. The van der Waals surface area contributed by atoms with Crippen molar-refractivity contribution in [2.45, 2.75) is 64.2 Å². The lowest BCUT2D eigenvalue weighted by Gasteiger charge is -2.37. The maximum absolute atomic E-state index is 12.8. The Bertz CT molecular complexity index is 845. The highest BCUT2D eigenvalue weighted by atomic mass is 32.2. The first kappa shape index (κ1) is 18.9. The molecule has 5 heteroatoms. The van der Waals surface area contributed by atoms with Crippen LogP contribution in [0.15, 0.2) is 62.0 Å². The maximum Gasteiger partial charge on any atom is 0.343 e. The summed E-state index contributed by atoms with van der Waals surface area (Å²) in [4.78, 5) is 17.6. The second-order valence-corrected chi connectivity index (χ2v) is 9.30. The molecule has 0 saturated heterocycles. The molecule has 1 saturated carbocycles. The molecule has 0 bridgehead atoms. The summed E-state index contributed by atoms with van der Waals surface area (Å²) in [7, 11) is 0. The van der Waals surface area contributed by atoms with E-state index in [1.54, 1.807) is 30.4 Å². The molecule has 1 unspecified atom stereocenters. The van der Waals surface area contributed by atoms with Gasteiger partial charge in [-0.25, -0.2) is 4.79 Å². The quantitative estimate of drug-likeness (QED) is 0.575. The number of ether oxygens (including phenoxy) is 1. The molecule has 0 aromatic heterocycles. The average Bonchev–Trinajstić information content (AvgIpc) is 2.72. The van der Waals surface area contributed by atoms with Gasteiger partial charge in [0.25, 0.3) is 0 Å². The van der Waals surface area contributed by atoms with Crippen molar-refractivity contribution in [1.82, 2.24) is 0 Å². The van der Waals surface area contributed by atoms with Crippen LogP contribution >= 0.6 is 23.5 Å². The first-order valence-electron chi connectivity index (χ1n) is 9.61. The number of carbonyl (C=O) groups is 1. The van der Waals surface area contributed by atoms with Gasteiger partial charge in [-0.3, -0.25) is 0 Å². The van der Waals surface area contributed by atoms with Gasteiger partial charge in [0.15, 0.2) is 5.60 Å². The Morgan fingerprint density at radius 1 is 1.04 bits per heavy atom. The fourth-order valence-electron chi connectivity index (χ4n) is 4.05. The van der Waals surface area contributed by atoms with Crippen LogP contribution in [0.1, 0.15) is 44.6 Å². The predicted molar refractivity (Wildman–Crippen MR) is 108 cm³/mol. The van der Waals surface area contributed by atoms with Crippen molar-refractivity contribution in [1.29, 1.82) is 0 Å². The van der Waals surface area contributed by atoms with Gasteiger partial charge in [-0.05, 0) is 49.6 Å². The van der Waals surface area contributed by atoms with Gasteiger partial charge in [0, 0.05) is 25.5 Å². The van der Waals surface area contributed by atoms with E-state index in [9.17, 15) is 9.90 Å². The summed E-state index contributed by atoms with van der Waals surface area (Å²) in [6.45, 7) is 2.06. The average molecular weight is 401 g/mol. The van der Waals surface area contributed by atoms with Crippen molar-refractivity contribution in [3.63, 3.8) is 0 Å². The van der Waals surface area contributed by atoms with Crippen LogP contribution in [0.5, 0.6) is 0 Å². The Kier molecular flexibility index (Phi) is 5.53. The van der Waals surface area contributed by atoms with Crippen molar-refractivity contribution >= 4 is 29.5 Å². The van der Waals surface area contributed by atoms with Crippen LogP contribution < -0.4 is 0 Å². The van der Waals surface area contributed by atoms with Gasteiger partial charge >= 0.3 is 5.97 Å². The molecule has 1 fully saturated rings. The molecule has 1 aliphatic carbocycles. The number of fused-ring (bicyclic) bond motifs is 2. The highest BCUT2D eigenvalue weighted by Crippen LogP contribution is 2.50. The van der Waals surface area contributed by atoms with Crippen LogP contribution in [0.3, 0.4) is 0 Å². The molecule has 27 heavy (non-hydrogen) atoms. The molecule has 1 N–H and O–H groups in total. The predicted octanol–water partition coefficient (Wildman–Crippen LogP) is 5.63. The van der Waals surface area contributed by atoms with E-state index in [1.165, 1.54) is 16.2 Å². The zero-order chi connectivity index (χ0) is 18.9. The largest absolute Gasteiger partial charge is 0.464 e. The summed E-state index contributed by atoms with van der Waals surface area (Å²) in [6, 6.07) is 14.3. The number of benzene rings is 2. The Balaban J connectivity index is 1.72. The summed E-state index contributed by atoms with van der Waals surface area (Å²) in [6.07, 6.45) is 4.99. The molecule has 2 aliphatic rings. The van der Waals surface area contributed by atoms with E-state index in [0.29, 0.717) is 5.56 Å². The van der Waals surface area contributed by atoms with E-state index >= 15 is 0 Å². The third kappa shape index (κ3) is 3.53. The summed E-state index contributed by atoms with van der Waals surface area (Å²) in [5.41, 5.74) is -0.896.